The van der Waals surface area contributed by atoms with Crippen LogP contribution in [0.25, 0.3) is 6.08 Å². The van der Waals surface area contributed by atoms with Crippen LogP contribution in [0.15, 0.2) is 30.3 Å². The van der Waals surface area contributed by atoms with E-state index in [1.54, 1.807) is 23.1 Å². The van der Waals surface area contributed by atoms with Crippen LogP contribution >= 0.6 is 0 Å². The van der Waals surface area contributed by atoms with Crippen LogP contribution < -0.4 is 0 Å². The molecule has 1 fully saturated rings. The molecule has 1 heterocycles. The molecule has 0 unspecified atom stereocenters. The van der Waals surface area contributed by atoms with E-state index < -0.39 is 4.92 Å². The summed E-state index contributed by atoms with van der Waals surface area (Å²) in [6.07, 6.45) is 4.13. The second-order valence-electron chi connectivity index (χ2n) is 5.31. The number of ether oxygens (including phenoxy) is 1. The van der Waals surface area contributed by atoms with Gasteiger partial charge in [0.2, 0.25) is 5.91 Å². The summed E-state index contributed by atoms with van der Waals surface area (Å²) in [4.78, 5) is 35.5. The number of non-ortho nitro benzene ring substituents is 1. The zero-order valence-electron chi connectivity index (χ0n) is 12.8. The lowest BCUT2D eigenvalue weighted by Crippen LogP contribution is -2.39. The molecule has 7 nitrogen and oxygen atoms in total. The van der Waals surface area contributed by atoms with Crippen LogP contribution in [0.4, 0.5) is 5.69 Å². The number of likely N-dealkylation sites (tertiary alicyclic amines) is 1. The molecule has 0 bridgehead atoms. The van der Waals surface area contributed by atoms with E-state index >= 15 is 0 Å². The number of nitro groups is 1. The van der Waals surface area contributed by atoms with Crippen LogP contribution in [0.2, 0.25) is 0 Å². The van der Waals surface area contributed by atoms with Gasteiger partial charge in [0.15, 0.2) is 0 Å². The number of hydrogen-bond acceptors (Lipinski definition) is 5. The van der Waals surface area contributed by atoms with E-state index in [0.717, 1.165) is 0 Å². The molecule has 7 heteroatoms. The largest absolute Gasteiger partial charge is 0.469 e. The van der Waals surface area contributed by atoms with E-state index in [2.05, 4.69) is 0 Å². The number of hydrogen-bond donors (Lipinski definition) is 0. The van der Waals surface area contributed by atoms with Gasteiger partial charge in [-0.05, 0) is 24.5 Å². The summed E-state index contributed by atoms with van der Waals surface area (Å²) in [6.45, 7) is 0.996. The topological polar surface area (TPSA) is 89.8 Å². The standard InChI is InChI=1S/C16H18N2O5/c1-23-16(20)13-7-9-17(10-8-13)15(19)6-5-12-3-2-4-14(11-12)18(21)22/h2-6,11,13H,7-10H2,1H3/b6-5+. The van der Waals surface area contributed by atoms with E-state index in [1.165, 1.54) is 25.3 Å². The van der Waals surface area contributed by atoms with Crippen molar-refractivity contribution in [2.45, 2.75) is 12.8 Å². The zero-order valence-corrected chi connectivity index (χ0v) is 12.8. The summed E-state index contributed by atoms with van der Waals surface area (Å²) in [5, 5.41) is 10.7. The molecule has 0 spiro atoms. The number of methoxy groups -OCH3 is 1. The minimum atomic E-state index is -0.475. The number of nitrogens with zero attached hydrogens (tertiary/aromatic N) is 2. The smallest absolute Gasteiger partial charge is 0.308 e. The van der Waals surface area contributed by atoms with Gasteiger partial charge >= 0.3 is 5.97 Å². The van der Waals surface area contributed by atoms with Gasteiger partial charge in [-0.25, -0.2) is 0 Å². The fourth-order valence-corrected chi connectivity index (χ4v) is 2.52. The van der Waals surface area contributed by atoms with Gasteiger partial charge in [-0.1, -0.05) is 12.1 Å². The maximum atomic E-state index is 12.1. The van der Waals surface area contributed by atoms with Gasteiger partial charge in [0, 0.05) is 31.3 Å². The predicted molar refractivity (Wildman–Crippen MR) is 83.5 cm³/mol. The first-order valence-corrected chi connectivity index (χ1v) is 7.30. The Balaban J connectivity index is 1.93. The monoisotopic (exact) mass is 318 g/mol. The van der Waals surface area contributed by atoms with Crippen LogP contribution in [0.5, 0.6) is 0 Å². The van der Waals surface area contributed by atoms with Crippen LogP contribution in [0, 0.1) is 16.0 Å². The van der Waals surface area contributed by atoms with Crippen molar-refractivity contribution in [3.63, 3.8) is 0 Å². The Morgan fingerprint density at radius 3 is 2.65 bits per heavy atom. The number of rotatable bonds is 4. The maximum absolute atomic E-state index is 12.1. The number of nitro benzene ring substituents is 1. The highest BCUT2D eigenvalue weighted by atomic mass is 16.6. The molecular weight excluding hydrogens is 300 g/mol. The van der Waals surface area contributed by atoms with Crippen molar-refractivity contribution in [3.05, 3.63) is 46.0 Å². The van der Waals surface area contributed by atoms with Crippen molar-refractivity contribution >= 4 is 23.6 Å². The first kappa shape index (κ1) is 16.7. The van der Waals surface area contributed by atoms with E-state index in [0.29, 0.717) is 31.5 Å². The number of piperidine rings is 1. The molecule has 1 aromatic rings. The van der Waals surface area contributed by atoms with Crippen LogP contribution in [-0.2, 0) is 14.3 Å². The van der Waals surface area contributed by atoms with Gasteiger partial charge in [0.25, 0.3) is 5.69 Å². The van der Waals surface area contributed by atoms with Crippen LogP contribution in [0.3, 0.4) is 0 Å². The average molecular weight is 318 g/mol. The van der Waals surface area contributed by atoms with Gasteiger partial charge < -0.3 is 9.64 Å². The second kappa shape index (κ2) is 7.53. The highest BCUT2D eigenvalue weighted by Crippen LogP contribution is 2.19. The second-order valence-corrected chi connectivity index (χ2v) is 5.31. The molecule has 1 aliphatic heterocycles. The fourth-order valence-electron chi connectivity index (χ4n) is 2.52. The summed E-state index contributed by atoms with van der Waals surface area (Å²) < 4.78 is 4.71. The molecule has 23 heavy (non-hydrogen) atoms. The molecule has 1 aromatic carbocycles. The third-order valence-corrected chi connectivity index (χ3v) is 3.84. The average Bonchev–Trinajstić information content (AvgIpc) is 2.59. The Morgan fingerprint density at radius 1 is 1.35 bits per heavy atom. The first-order valence-electron chi connectivity index (χ1n) is 7.30. The first-order chi connectivity index (χ1) is 11.0. The summed E-state index contributed by atoms with van der Waals surface area (Å²) >= 11 is 0. The van der Waals surface area contributed by atoms with Crippen molar-refractivity contribution < 1.29 is 19.2 Å². The summed E-state index contributed by atoms with van der Waals surface area (Å²) in [7, 11) is 1.36. The summed E-state index contributed by atoms with van der Waals surface area (Å²) in [5.74, 6) is -0.547. The lowest BCUT2D eigenvalue weighted by Gasteiger charge is -2.29. The Hall–Kier alpha value is -2.70. The van der Waals surface area contributed by atoms with Gasteiger partial charge in [0.05, 0.1) is 18.0 Å². The van der Waals surface area contributed by atoms with Crippen molar-refractivity contribution in [1.29, 1.82) is 0 Å². The minimum Gasteiger partial charge on any atom is -0.469 e. The molecule has 2 rings (SSSR count). The molecule has 122 valence electrons. The van der Waals surface area contributed by atoms with Crippen molar-refractivity contribution in [2.24, 2.45) is 5.92 Å². The lowest BCUT2D eigenvalue weighted by atomic mass is 9.97. The quantitative estimate of drug-likeness (QED) is 0.367. The van der Waals surface area contributed by atoms with Crippen LogP contribution in [0.1, 0.15) is 18.4 Å². The predicted octanol–water partition coefficient (Wildman–Crippen LogP) is 2.02. The third-order valence-electron chi connectivity index (χ3n) is 3.84. The highest BCUT2D eigenvalue weighted by molar-refractivity contribution is 5.92. The SMILES string of the molecule is COC(=O)C1CCN(C(=O)/C=C/c2cccc([N+](=O)[O-])c2)CC1. The Bertz CT molecular complexity index is 633. The molecule has 0 N–H and O–H groups in total. The number of carbonyl (C=O) groups is 2. The van der Waals surface area contributed by atoms with Gasteiger partial charge in [-0.3, -0.25) is 19.7 Å². The molecule has 0 saturated carbocycles. The molecule has 0 aromatic heterocycles. The molecule has 0 atom stereocenters. The van der Waals surface area contributed by atoms with Crippen molar-refractivity contribution in [1.82, 2.24) is 4.90 Å². The highest BCUT2D eigenvalue weighted by Gasteiger charge is 2.26. The van der Waals surface area contributed by atoms with Gasteiger partial charge in [-0.15, -0.1) is 0 Å². The molecule has 1 amide bonds. The molecular formula is C16H18N2O5. The molecule has 1 saturated heterocycles. The Morgan fingerprint density at radius 2 is 2.04 bits per heavy atom. The Kier molecular flexibility index (Phi) is 5.46. The van der Waals surface area contributed by atoms with Crippen LogP contribution in [-0.4, -0.2) is 41.9 Å². The van der Waals surface area contributed by atoms with E-state index in [-0.39, 0.29) is 23.5 Å². The van der Waals surface area contributed by atoms with Gasteiger partial charge in [-0.2, -0.15) is 0 Å². The third kappa shape index (κ3) is 4.38. The molecule has 0 radical (unpaired) electrons. The van der Waals surface area contributed by atoms with E-state index in [9.17, 15) is 19.7 Å². The van der Waals surface area contributed by atoms with Crippen molar-refractivity contribution in [2.75, 3.05) is 20.2 Å². The molecule has 1 aliphatic rings. The summed E-state index contributed by atoms with van der Waals surface area (Å²) in [5.41, 5.74) is 0.579. The minimum absolute atomic E-state index is 0.0153. The van der Waals surface area contributed by atoms with E-state index in [4.69, 9.17) is 4.74 Å². The van der Waals surface area contributed by atoms with E-state index in [1.807, 2.05) is 0 Å². The number of carbonyl (C=O) groups excluding carboxylic acids is 2. The van der Waals surface area contributed by atoms with Crippen molar-refractivity contribution in [3.8, 4) is 0 Å². The fraction of sp³-hybridized carbons (Fsp3) is 0.375. The maximum Gasteiger partial charge on any atom is 0.308 e. The number of benzene rings is 1. The van der Waals surface area contributed by atoms with Gasteiger partial charge in [0.1, 0.15) is 0 Å². The number of amides is 1. The number of esters is 1. The molecule has 0 aliphatic carbocycles. The lowest BCUT2D eigenvalue weighted by molar-refractivity contribution is -0.384. The normalized spacial score (nSPS) is 15.6. The zero-order chi connectivity index (χ0) is 16.8. The Labute approximate surface area is 133 Å². The summed E-state index contributed by atoms with van der Waals surface area (Å²) in [6, 6.07) is 6.08.